The highest BCUT2D eigenvalue weighted by molar-refractivity contribution is 6.74. The first kappa shape index (κ1) is 33.2. The molecule has 0 saturated carbocycles. The first-order valence-corrected chi connectivity index (χ1v) is 20.5. The van der Waals surface area contributed by atoms with Crippen molar-refractivity contribution in [1.82, 2.24) is 14.1 Å². The normalized spacial score (nSPS) is 12.2. The van der Waals surface area contributed by atoms with E-state index in [1.165, 1.54) is 54.4 Å². The average Bonchev–Trinajstić information content (AvgIpc) is 3.98. The minimum atomic E-state index is 0.615. The van der Waals surface area contributed by atoms with Gasteiger partial charge in [-0.3, -0.25) is 0 Å². The van der Waals surface area contributed by atoms with Gasteiger partial charge in [-0.05, 0) is 95.5 Å². The fourth-order valence-electron chi connectivity index (χ4n) is 9.72. The van der Waals surface area contributed by atoms with Gasteiger partial charge in [0.05, 0.1) is 27.8 Å². The summed E-state index contributed by atoms with van der Waals surface area (Å²) in [6.07, 6.45) is 0. The van der Waals surface area contributed by atoms with Crippen molar-refractivity contribution in [3.8, 4) is 34.0 Å². The first-order chi connectivity index (χ1) is 29.7. The second-order valence-electron chi connectivity index (χ2n) is 15.9. The lowest BCUT2D eigenvalue weighted by Crippen LogP contribution is -2.37. The van der Waals surface area contributed by atoms with Crippen molar-refractivity contribution in [3.05, 3.63) is 188 Å². The number of aryl methyl sites for hydroxylation is 1. The van der Waals surface area contributed by atoms with E-state index in [2.05, 4.69) is 180 Å². The van der Waals surface area contributed by atoms with Gasteiger partial charge in [-0.1, -0.05) is 126 Å². The van der Waals surface area contributed by atoms with Crippen molar-refractivity contribution in [3.63, 3.8) is 0 Å². The molecule has 279 valence electrons. The molecule has 5 nitrogen and oxygen atoms in total. The molecule has 0 fully saturated rings. The third kappa shape index (κ3) is 4.79. The number of hydrogen-bond acceptors (Lipinski definition) is 3. The maximum absolute atomic E-state index is 6.51. The Labute approximate surface area is 346 Å². The van der Waals surface area contributed by atoms with E-state index in [1.807, 2.05) is 30.3 Å². The van der Waals surface area contributed by atoms with E-state index in [0.717, 1.165) is 67.0 Å². The number of fused-ring (bicyclic) bond motifs is 11. The summed E-state index contributed by atoms with van der Waals surface area (Å²) < 4.78 is 11.5. The number of benzene rings is 9. The number of nitrogens with zero attached hydrogens (tertiary/aromatic N) is 3. The van der Waals surface area contributed by atoms with Crippen LogP contribution in [0.1, 0.15) is 5.56 Å². The summed E-state index contributed by atoms with van der Waals surface area (Å²) in [5.74, 6) is 0.615. The van der Waals surface area contributed by atoms with Crippen molar-refractivity contribution in [2.45, 2.75) is 6.92 Å². The van der Waals surface area contributed by atoms with Gasteiger partial charge in [0.2, 0.25) is 5.89 Å². The van der Waals surface area contributed by atoms with Crippen LogP contribution in [0, 0.1) is 6.92 Å². The second kappa shape index (κ2) is 12.6. The molecule has 60 heavy (non-hydrogen) atoms. The Kier molecular flexibility index (Phi) is 6.96. The fourth-order valence-corrected chi connectivity index (χ4v) is 9.72. The predicted molar refractivity (Wildman–Crippen MR) is 251 cm³/mol. The first-order valence-electron chi connectivity index (χ1n) is 20.5. The summed E-state index contributed by atoms with van der Waals surface area (Å²) in [4.78, 5) is 5.07. The van der Waals surface area contributed by atoms with Crippen LogP contribution in [-0.4, -0.2) is 21.4 Å². The average molecular weight is 766 g/mol. The molecule has 6 heteroatoms. The molecular formula is C54H34BN4O. The molecule has 1 aliphatic heterocycles. The molecule has 1 N–H and O–H groups in total. The van der Waals surface area contributed by atoms with Crippen LogP contribution in [0.5, 0.6) is 0 Å². The van der Waals surface area contributed by atoms with Crippen LogP contribution in [0.15, 0.2) is 186 Å². The number of anilines is 2. The maximum Gasteiger partial charge on any atom is 0.227 e. The van der Waals surface area contributed by atoms with Crippen LogP contribution < -0.4 is 16.2 Å². The van der Waals surface area contributed by atoms with Crippen LogP contribution in [-0.2, 0) is 0 Å². The highest BCUT2D eigenvalue weighted by atomic mass is 16.3. The van der Waals surface area contributed by atoms with Gasteiger partial charge in [0.15, 0.2) is 12.9 Å². The van der Waals surface area contributed by atoms with E-state index in [1.54, 1.807) is 0 Å². The molecule has 0 spiro atoms. The van der Waals surface area contributed by atoms with E-state index in [0.29, 0.717) is 5.89 Å². The lowest BCUT2D eigenvalue weighted by Gasteiger charge is -2.25. The Morgan fingerprint density at radius 3 is 2.05 bits per heavy atom. The zero-order valence-electron chi connectivity index (χ0n) is 32.6. The fraction of sp³-hybridized carbons (Fsp3) is 0.0185. The highest BCUT2D eigenvalue weighted by Crippen LogP contribution is 2.45. The number of rotatable bonds is 5. The van der Waals surface area contributed by atoms with Crippen LogP contribution in [0.25, 0.3) is 99.4 Å². The Hall–Kier alpha value is -7.83. The van der Waals surface area contributed by atoms with Gasteiger partial charge in [0.1, 0.15) is 5.52 Å². The topological polar surface area (TPSA) is 47.9 Å². The van der Waals surface area contributed by atoms with Crippen molar-refractivity contribution < 1.29 is 4.42 Å². The molecular weight excluding hydrogens is 731 g/mol. The lowest BCUT2D eigenvalue weighted by atomic mass is 9.59. The number of oxazole rings is 1. The lowest BCUT2D eigenvalue weighted by molar-refractivity contribution is 0.620. The highest BCUT2D eigenvalue weighted by Gasteiger charge is 2.31. The van der Waals surface area contributed by atoms with Crippen LogP contribution in [0.4, 0.5) is 11.4 Å². The van der Waals surface area contributed by atoms with Crippen molar-refractivity contribution >= 4 is 95.1 Å². The summed E-state index contributed by atoms with van der Waals surface area (Å²) in [6.45, 7) is 2.12. The molecule has 0 atom stereocenters. The number of nitrogens with one attached hydrogen (secondary N) is 1. The minimum Gasteiger partial charge on any atom is -0.436 e. The minimum absolute atomic E-state index is 0.615. The quantitative estimate of drug-likeness (QED) is 0.178. The Morgan fingerprint density at radius 2 is 1.25 bits per heavy atom. The Bertz CT molecular complexity index is 3670. The number of aromatic nitrogens is 3. The van der Waals surface area contributed by atoms with Crippen LogP contribution in [0.3, 0.4) is 0 Å². The SMILES string of the molecule is Cc1ccc(Nc2ccccc2-c2cc(-n3c4ccccc4c4ccccc43)c3c4c5ccccc5ccc4n4c3c2[B]c2cc3oc(-c5ccccc5)nc3cc2-4)cc1. The van der Waals surface area contributed by atoms with E-state index in [-0.39, 0.29) is 0 Å². The monoisotopic (exact) mass is 765 g/mol. The molecule has 9 aromatic carbocycles. The molecule has 0 aliphatic carbocycles. The third-order valence-electron chi connectivity index (χ3n) is 12.4. The Balaban J connectivity index is 1.20. The summed E-state index contributed by atoms with van der Waals surface area (Å²) in [5.41, 5.74) is 17.2. The Morgan fingerprint density at radius 1 is 0.550 bits per heavy atom. The molecule has 4 heterocycles. The molecule has 12 aromatic rings. The largest absolute Gasteiger partial charge is 0.436 e. The molecule has 13 rings (SSSR count). The van der Waals surface area contributed by atoms with Crippen molar-refractivity contribution in [1.29, 1.82) is 0 Å². The van der Waals surface area contributed by atoms with Gasteiger partial charge in [-0.15, -0.1) is 0 Å². The van der Waals surface area contributed by atoms with Crippen LogP contribution >= 0.6 is 0 Å². The number of hydrogen-bond donors (Lipinski definition) is 1. The summed E-state index contributed by atoms with van der Waals surface area (Å²) in [5, 5.41) is 11.1. The van der Waals surface area contributed by atoms with Crippen molar-refractivity contribution in [2.75, 3.05) is 5.32 Å². The van der Waals surface area contributed by atoms with Crippen molar-refractivity contribution in [2.24, 2.45) is 0 Å². The van der Waals surface area contributed by atoms with E-state index >= 15 is 0 Å². The summed E-state index contributed by atoms with van der Waals surface area (Å²) in [7, 11) is 2.37. The summed E-state index contributed by atoms with van der Waals surface area (Å²) >= 11 is 0. The zero-order valence-corrected chi connectivity index (χ0v) is 32.6. The van der Waals surface area contributed by atoms with E-state index < -0.39 is 0 Å². The standard InChI is InChI=1S/C54H34BN4O/c1-32-23-26-35(27-24-32)56-42-20-10-7-17-37(42)40-29-48(58-44-21-11-8-18-38(44)39-19-9-12-22-45(39)58)51-50-36-16-6-5-13-33(36)25-28-46(50)59-47-31-43-49(30-41(47)55-52(40)53(51)59)60-54(57-43)34-14-3-2-4-15-34/h2-31,56H,1H3. The van der Waals surface area contributed by atoms with Crippen LogP contribution in [0.2, 0.25) is 0 Å². The second-order valence-corrected chi connectivity index (χ2v) is 15.9. The molecule has 1 aliphatic rings. The van der Waals surface area contributed by atoms with E-state index in [9.17, 15) is 0 Å². The smallest absolute Gasteiger partial charge is 0.227 e. The molecule has 3 aromatic heterocycles. The van der Waals surface area contributed by atoms with Gasteiger partial charge in [-0.25, -0.2) is 4.98 Å². The molecule has 0 unspecified atom stereocenters. The molecule has 0 bridgehead atoms. The van der Waals surface area contributed by atoms with Gasteiger partial charge in [0, 0.05) is 49.7 Å². The third-order valence-corrected chi connectivity index (χ3v) is 12.4. The van der Waals surface area contributed by atoms with Gasteiger partial charge in [-0.2, -0.15) is 0 Å². The molecule has 0 amide bonds. The zero-order chi connectivity index (χ0) is 39.5. The number of para-hydroxylation sites is 3. The molecule has 0 saturated heterocycles. The van der Waals surface area contributed by atoms with Gasteiger partial charge < -0.3 is 18.9 Å². The maximum atomic E-state index is 6.51. The van der Waals surface area contributed by atoms with Gasteiger partial charge in [0.25, 0.3) is 0 Å². The molecule has 1 radical (unpaired) electrons. The summed E-state index contributed by atoms with van der Waals surface area (Å²) in [6, 6.07) is 65.3. The predicted octanol–water partition coefficient (Wildman–Crippen LogP) is 12.5. The van der Waals surface area contributed by atoms with Gasteiger partial charge >= 0.3 is 0 Å². The van der Waals surface area contributed by atoms with E-state index in [4.69, 9.17) is 9.40 Å².